The molecule has 0 aliphatic heterocycles. The second-order valence-corrected chi connectivity index (χ2v) is 7.97. The van der Waals surface area contributed by atoms with Crippen molar-refractivity contribution in [2.24, 2.45) is 0 Å². The van der Waals surface area contributed by atoms with E-state index in [1.54, 1.807) is 7.05 Å². The van der Waals surface area contributed by atoms with Gasteiger partial charge in [0.2, 0.25) is 10.0 Å². The number of unbranched alkanes of at least 4 members (excludes halogenated alkanes) is 1. The lowest BCUT2D eigenvalue weighted by molar-refractivity contribution is 0.458. The zero-order valence-electron chi connectivity index (χ0n) is 12.9. The number of sulfonamides is 1. The molecule has 1 heterocycles. The lowest BCUT2D eigenvalue weighted by Crippen LogP contribution is -2.29. The molecule has 0 bridgehead atoms. The molecule has 1 aromatic rings. The Morgan fingerprint density at radius 2 is 2.00 bits per heavy atom. The van der Waals surface area contributed by atoms with Gasteiger partial charge in [-0.15, -0.1) is 11.3 Å². The summed E-state index contributed by atoms with van der Waals surface area (Å²) in [5.74, 6) is 0. The van der Waals surface area contributed by atoms with Crippen molar-refractivity contribution in [3.8, 4) is 0 Å². The van der Waals surface area contributed by atoms with Gasteiger partial charge >= 0.3 is 0 Å². The Bertz CT molecular complexity index is 509. The first-order chi connectivity index (χ1) is 9.45. The predicted molar refractivity (Wildman–Crippen MR) is 85.8 cm³/mol. The molecule has 0 saturated carbocycles. The predicted octanol–water partition coefficient (Wildman–Crippen LogP) is 2.98. The van der Waals surface area contributed by atoms with Crippen LogP contribution in [0.15, 0.2) is 10.3 Å². The van der Waals surface area contributed by atoms with Crippen molar-refractivity contribution in [1.29, 1.82) is 0 Å². The van der Waals surface area contributed by atoms with Gasteiger partial charge in [-0.25, -0.2) is 12.7 Å². The monoisotopic (exact) mass is 318 g/mol. The Morgan fingerprint density at radius 1 is 1.30 bits per heavy atom. The summed E-state index contributed by atoms with van der Waals surface area (Å²) in [5, 5.41) is 5.22. The van der Waals surface area contributed by atoms with E-state index in [0.29, 0.717) is 18.0 Å². The second kappa shape index (κ2) is 8.12. The quantitative estimate of drug-likeness (QED) is 0.712. The van der Waals surface area contributed by atoms with Gasteiger partial charge in [0.15, 0.2) is 0 Å². The molecule has 0 atom stereocenters. The van der Waals surface area contributed by atoms with Crippen LogP contribution in [0.3, 0.4) is 0 Å². The Kier molecular flexibility index (Phi) is 7.15. The molecule has 0 fully saturated rings. The van der Waals surface area contributed by atoms with Crippen molar-refractivity contribution < 1.29 is 8.42 Å². The maximum Gasteiger partial charge on any atom is 0.244 e. The molecule has 0 radical (unpaired) electrons. The number of nitrogens with zero attached hydrogens (tertiary/aromatic N) is 1. The summed E-state index contributed by atoms with van der Waals surface area (Å²) in [7, 11) is -1.69. The molecule has 20 heavy (non-hydrogen) atoms. The van der Waals surface area contributed by atoms with E-state index in [4.69, 9.17) is 0 Å². The summed E-state index contributed by atoms with van der Waals surface area (Å²) in [5.41, 5.74) is 0.853. The van der Waals surface area contributed by atoms with Gasteiger partial charge < -0.3 is 5.32 Å². The topological polar surface area (TPSA) is 49.4 Å². The summed E-state index contributed by atoms with van der Waals surface area (Å²) in [6.07, 6.45) is 2.93. The molecule has 0 amide bonds. The smallest absolute Gasteiger partial charge is 0.244 e. The molecular weight excluding hydrogens is 292 g/mol. The molecule has 1 aromatic heterocycles. The molecule has 116 valence electrons. The molecular formula is C14H26N2O2S2. The van der Waals surface area contributed by atoms with E-state index in [9.17, 15) is 8.42 Å². The fourth-order valence-corrected chi connectivity index (χ4v) is 4.92. The fraction of sp³-hybridized carbons (Fsp3) is 0.714. The Labute approximate surface area is 127 Å². The average Bonchev–Trinajstić information content (AvgIpc) is 2.78. The molecule has 0 aromatic carbocycles. The number of hydrogen-bond acceptors (Lipinski definition) is 4. The third kappa shape index (κ3) is 4.28. The highest BCUT2D eigenvalue weighted by Crippen LogP contribution is 2.29. The SMILES string of the molecule is CCCCN(C)S(=O)(=O)c1c(C)csc1CNCCC. The van der Waals surface area contributed by atoms with Crippen molar-refractivity contribution in [3.05, 3.63) is 15.8 Å². The van der Waals surface area contributed by atoms with Crippen molar-refractivity contribution in [2.75, 3.05) is 20.1 Å². The van der Waals surface area contributed by atoms with Crippen molar-refractivity contribution in [2.45, 2.75) is 51.5 Å². The van der Waals surface area contributed by atoms with Gasteiger partial charge in [0.25, 0.3) is 0 Å². The van der Waals surface area contributed by atoms with Gasteiger partial charge in [0.1, 0.15) is 4.90 Å². The first-order valence-electron chi connectivity index (χ1n) is 7.19. The van der Waals surface area contributed by atoms with Crippen molar-refractivity contribution in [3.63, 3.8) is 0 Å². The van der Waals surface area contributed by atoms with Crippen LogP contribution in [0, 0.1) is 6.92 Å². The molecule has 0 spiro atoms. The van der Waals surface area contributed by atoms with E-state index < -0.39 is 10.0 Å². The van der Waals surface area contributed by atoms with Crippen LogP contribution < -0.4 is 5.32 Å². The highest BCUT2D eigenvalue weighted by Gasteiger charge is 2.26. The third-order valence-corrected chi connectivity index (χ3v) is 6.52. The van der Waals surface area contributed by atoms with Crippen LogP contribution in [0.1, 0.15) is 43.6 Å². The number of nitrogens with one attached hydrogen (secondary N) is 1. The summed E-state index contributed by atoms with van der Waals surface area (Å²) < 4.78 is 26.8. The molecule has 1 rings (SSSR count). The van der Waals surface area contributed by atoms with Crippen molar-refractivity contribution >= 4 is 21.4 Å². The lowest BCUT2D eigenvalue weighted by Gasteiger charge is -2.18. The molecule has 4 nitrogen and oxygen atoms in total. The van der Waals surface area contributed by atoms with Gasteiger partial charge in [-0.1, -0.05) is 20.3 Å². The summed E-state index contributed by atoms with van der Waals surface area (Å²) in [4.78, 5) is 1.42. The van der Waals surface area contributed by atoms with Crippen molar-refractivity contribution in [1.82, 2.24) is 9.62 Å². The van der Waals surface area contributed by atoms with E-state index in [2.05, 4.69) is 19.2 Å². The second-order valence-electron chi connectivity index (χ2n) is 5.03. The summed E-state index contributed by atoms with van der Waals surface area (Å²) in [6, 6.07) is 0. The van der Waals surface area contributed by atoms with Crippen LogP contribution in [0.5, 0.6) is 0 Å². The van der Waals surface area contributed by atoms with Gasteiger partial charge in [0.05, 0.1) is 0 Å². The number of hydrogen-bond donors (Lipinski definition) is 1. The highest BCUT2D eigenvalue weighted by atomic mass is 32.2. The van der Waals surface area contributed by atoms with E-state index in [0.717, 1.165) is 36.2 Å². The maximum atomic E-state index is 12.7. The highest BCUT2D eigenvalue weighted by molar-refractivity contribution is 7.89. The fourth-order valence-electron chi connectivity index (χ4n) is 1.99. The van der Waals surface area contributed by atoms with Crippen LogP contribution in [-0.2, 0) is 16.6 Å². The molecule has 0 aliphatic carbocycles. The Hall–Kier alpha value is -0.430. The van der Waals surface area contributed by atoms with Crippen LogP contribution >= 0.6 is 11.3 Å². The summed E-state index contributed by atoms with van der Waals surface area (Å²) in [6.45, 7) is 8.15. The minimum absolute atomic E-state index is 0.504. The van der Waals surface area contributed by atoms with Gasteiger partial charge in [-0.05, 0) is 37.3 Å². The Balaban J connectivity index is 2.95. The number of rotatable bonds is 9. The van der Waals surface area contributed by atoms with Gasteiger partial charge in [-0.3, -0.25) is 0 Å². The maximum absolute atomic E-state index is 12.7. The van der Waals surface area contributed by atoms with Gasteiger partial charge in [0, 0.05) is 25.0 Å². The first-order valence-corrected chi connectivity index (χ1v) is 9.51. The molecule has 1 N–H and O–H groups in total. The average molecular weight is 319 g/mol. The minimum atomic E-state index is -3.36. The third-order valence-electron chi connectivity index (χ3n) is 3.20. The van der Waals surface area contributed by atoms with E-state index in [1.807, 2.05) is 12.3 Å². The van der Waals surface area contributed by atoms with Crippen LogP contribution in [-0.4, -0.2) is 32.9 Å². The zero-order valence-corrected chi connectivity index (χ0v) is 14.5. The minimum Gasteiger partial charge on any atom is -0.312 e. The first kappa shape index (κ1) is 17.6. The number of aryl methyl sites for hydroxylation is 1. The number of thiophene rings is 1. The van der Waals surface area contributed by atoms with Gasteiger partial charge in [-0.2, -0.15) is 0 Å². The Morgan fingerprint density at radius 3 is 2.60 bits per heavy atom. The van der Waals surface area contributed by atoms with Crippen LogP contribution in [0.2, 0.25) is 0 Å². The molecule has 0 unspecified atom stereocenters. The molecule has 0 saturated heterocycles. The molecule has 0 aliphatic rings. The molecule has 6 heteroatoms. The van der Waals surface area contributed by atoms with Crippen LogP contribution in [0.4, 0.5) is 0 Å². The lowest BCUT2D eigenvalue weighted by atomic mass is 10.3. The van der Waals surface area contributed by atoms with E-state index in [-0.39, 0.29) is 0 Å². The van der Waals surface area contributed by atoms with E-state index >= 15 is 0 Å². The summed E-state index contributed by atoms with van der Waals surface area (Å²) >= 11 is 1.53. The normalized spacial score (nSPS) is 12.2. The standard InChI is InChI=1S/C14H26N2O2S2/c1-5-7-9-16(4)20(17,18)14-12(3)11-19-13(14)10-15-8-6-2/h11,15H,5-10H2,1-4H3. The zero-order chi connectivity index (χ0) is 15.2. The van der Waals surface area contributed by atoms with E-state index in [1.165, 1.54) is 15.6 Å². The largest absolute Gasteiger partial charge is 0.312 e. The van der Waals surface area contributed by atoms with Crippen LogP contribution in [0.25, 0.3) is 0 Å².